The molecule has 2 fully saturated rings. The van der Waals surface area contributed by atoms with Crippen LogP contribution in [-0.2, 0) is 25.4 Å². The Morgan fingerprint density at radius 1 is 1.26 bits per heavy atom. The molecule has 2 aliphatic heterocycles. The zero-order chi connectivity index (χ0) is 13.6. The molecule has 7 nitrogen and oxygen atoms in total. The first-order valence-corrected chi connectivity index (χ1v) is 6.40. The minimum absolute atomic E-state index is 0.290. The van der Waals surface area contributed by atoms with Gasteiger partial charge in [-0.05, 0) is 13.8 Å². The second-order valence-electron chi connectivity index (χ2n) is 5.13. The van der Waals surface area contributed by atoms with Crippen LogP contribution in [0.25, 0.3) is 0 Å². The maximum Gasteiger partial charge on any atom is 0.258 e. The van der Waals surface area contributed by atoms with Crippen LogP contribution in [0.2, 0.25) is 0 Å². The lowest BCUT2D eigenvalue weighted by atomic mass is 10.1. The van der Waals surface area contributed by atoms with Gasteiger partial charge in [0.05, 0.1) is 0 Å². The predicted molar refractivity (Wildman–Crippen MR) is 62.1 cm³/mol. The van der Waals surface area contributed by atoms with Gasteiger partial charge >= 0.3 is 0 Å². The van der Waals surface area contributed by atoms with Crippen molar-refractivity contribution in [1.82, 2.24) is 10.1 Å². The summed E-state index contributed by atoms with van der Waals surface area (Å²) < 4.78 is 27.9. The van der Waals surface area contributed by atoms with E-state index in [2.05, 4.69) is 10.1 Å². The topological polar surface area (TPSA) is 75.8 Å². The maximum absolute atomic E-state index is 5.86. The highest BCUT2D eigenvalue weighted by Gasteiger charge is 2.57. The molecule has 2 aliphatic rings. The number of rotatable bonds is 3. The Labute approximate surface area is 111 Å². The number of hydrogen-bond donors (Lipinski definition) is 0. The molecule has 7 heteroatoms. The molecule has 4 atom stereocenters. The van der Waals surface area contributed by atoms with Crippen molar-refractivity contribution in [1.29, 1.82) is 0 Å². The molecular formula is C12H18N2O5. The average Bonchev–Trinajstić information content (AvgIpc) is 3.01. The fourth-order valence-electron chi connectivity index (χ4n) is 2.48. The Morgan fingerprint density at radius 3 is 2.63 bits per heavy atom. The fraction of sp³-hybridized carbons (Fsp3) is 0.833. The Kier molecular flexibility index (Phi) is 3.09. The molecular weight excluding hydrogens is 252 g/mol. The first-order valence-electron chi connectivity index (χ1n) is 6.40. The smallest absolute Gasteiger partial charge is 0.258 e. The molecule has 0 amide bonds. The van der Waals surface area contributed by atoms with Crippen LogP contribution in [0.15, 0.2) is 4.52 Å². The lowest BCUT2D eigenvalue weighted by Gasteiger charge is -2.22. The maximum atomic E-state index is 5.86. The van der Waals surface area contributed by atoms with E-state index in [4.69, 9.17) is 23.5 Å². The molecule has 3 heterocycles. The van der Waals surface area contributed by atoms with Crippen molar-refractivity contribution >= 4 is 0 Å². The number of fused-ring (bicyclic) bond motifs is 1. The van der Waals surface area contributed by atoms with Gasteiger partial charge in [-0.2, -0.15) is 4.98 Å². The van der Waals surface area contributed by atoms with Crippen LogP contribution < -0.4 is 0 Å². The molecule has 0 spiro atoms. The van der Waals surface area contributed by atoms with Gasteiger partial charge in [-0.3, -0.25) is 0 Å². The summed E-state index contributed by atoms with van der Waals surface area (Å²) in [6.45, 7) is 5.68. The molecule has 0 N–H and O–H groups in total. The average molecular weight is 270 g/mol. The minimum Gasteiger partial charge on any atom is -0.353 e. The highest BCUT2D eigenvalue weighted by Crippen LogP contribution is 2.44. The van der Waals surface area contributed by atoms with Crippen LogP contribution >= 0.6 is 0 Å². The number of hydrogen-bond acceptors (Lipinski definition) is 7. The van der Waals surface area contributed by atoms with E-state index in [1.54, 1.807) is 7.11 Å². The summed E-state index contributed by atoms with van der Waals surface area (Å²) in [6, 6.07) is 0. The predicted octanol–water partition coefficient (Wildman–Crippen LogP) is 1.20. The molecule has 2 saturated heterocycles. The number of aryl methyl sites for hydroxylation is 1. The summed E-state index contributed by atoms with van der Waals surface area (Å²) in [7, 11) is 1.57. The summed E-state index contributed by atoms with van der Waals surface area (Å²) in [5.41, 5.74) is 0. The first kappa shape index (κ1) is 13.0. The van der Waals surface area contributed by atoms with Crippen molar-refractivity contribution in [3.63, 3.8) is 0 Å². The largest absolute Gasteiger partial charge is 0.353 e. The molecule has 1 aromatic heterocycles. The highest BCUT2D eigenvalue weighted by atomic mass is 16.8. The Balaban J connectivity index is 1.86. The Morgan fingerprint density at radius 2 is 2.00 bits per heavy atom. The molecule has 1 aromatic rings. The van der Waals surface area contributed by atoms with E-state index in [9.17, 15) is 0 Å². The minimum atomic E-state index is -0.665. The van der Waals surface area contributed by atoms with E-state index in [0.717, 1.165) is 0 Å². The van der Waals surface area contributed by atoms with Gasteiger partial charge < -0.3 is 23.5 Å². The van der Waals surface area contributed by atoms with E-state index in [1.165, 1.54) is 0 Å². The van der Waals surface area contributed by atoms with Gasteiger partial charge in [0.25, 0.3) is 5.89 Å². The van der Waals surface area contributed by atoms with Crippen LogP contribution in [-0.4, -0.2) is 41.5 Å². The summed E-state index contributed by atoms with van der Waals surface area (Å²) in [5, 5.41) is 3.88. The molecule has 4 unspecified atom stereocenters. The third-order valence-electron chi connectivity index (χ3n) is 3.29. The van der Waals surface area contributed by atoms with E-state index >= 15 is 0 Å². The standard InChI is InChI=1S/C12H18N2O5/c1-5-6-13-10(19-14-6)8-7-9(11(15-4)16-8)18-12(2,3)17-7/h7-9,11H,5H2,1-4H3. The molecule has 0 saturated carbocycles. The van der Waals surface area contributed by atoms with Crippen LogP contribution in [0.5, 0.6) is 0 Å². The van der Waals surface area contributed by atoms with Gasteiger partial charge in [0, 0.05) is 13.5 Å². The van der Waals surface area contributed by atoms with E-state index in [1.807, 2.05) is 20.8 Å². The van der Waals surface area contributed by atoms with Crippen molar-refractivity contribution in [2.24, 2.45) is 0 Å². The second kappa shape index (κ2) is 4.52. The summed E-state index contributed by atoms with van der Waals surface area (Å²) >= 11 is 0. The summed E-state index contributed by atoms with van der Waals surface area (Å²) in [4.78, 5) is 4.29. The monoisotopic (exact) mass is 270 g/mol. The Hall–Kier alpha value is -1.02. The van der Waals surface area contributed by atoms with Crippen molar-refractivity contribution in [2.45, 2.75) is 57.6 Å². The van der Waals surface area contributed by atoms with Crippen molar-refractivity contribution in [3.05, 3.63) is 11.7 Å². The first-order chi connectivity index (χ1) is 9.04. The molecule has 106 valence electrons. The summed E-state index contributed by atoms with van der Waals surface area (Å²) in [6.07, 6.45) is -0.828. The third-order valence-corrected chi connectivity index (χ3v) is 3.29. The SMILES string of the molecule is CCc1noc(C2OC(OC)C3OC(C)(C)OC23)n1. The molecule has 3 rings (SSSR count). The highest BCUT2D eigenvalue weighted by molar-refractivity contribution is 5.03. The quantitative estimate of drug-likeness (QED) is 0.816. The van der Waals surface area contributed by atoms with Crippen LogP contribution in [0, 0.1) is 0 Å². The van der Waals surface area contributed by atoms with Gasteiger partial charge in [-0.1, -0.05) is 12.1 Å². The van der Waals surface area contributed by atoms with E-state index < -0.39 is 18.2 Å². The lowest BCUT2D eigenvalue weighted by molar-refractivity contribution is -0.230. The fourth-order valence-corrected chi connectivity index (χ4v) is 2.48. The van der Waals surface area contributed by atoms with Crippen LogP contribution in [0.1, 0.15) is 38.6 Å². The zero-order valence-corrected chi connectivity index (χ0v) is 11.5. The van der Waals surface area contributed by atoms with Crippen LogP contribution in [0.4, 0.5) is 0 Å². The van der Waals surface area contributed by atoms with Gasteiger partial charge in [-0.15, -0.1) is 0 Å². The van der Waals surface area contributed by atoms with Crippen LogP contribution in [0.3, 0.4) is 0 Å². The summed E-state index contributed by atoms with van der Waals surface area (Å²) in [5.74, 6) is 0.392. The molecule has 0 aliphatic carbocycles. The van der Waals surface area contributed by atoms with E-state index in [-0.39, 0.29) is 12.2 Å². The molecule has 0 radical (unpaired) electrons. The van der Waals surface area contributed by atoms with Gasteiger partial charge in [-0.25, -0.2) is 0 Å². The third kappa shape index (κ3) is 2.16. The van der Waals surface area contributed by atoms with Gasteiger partial charge in [0.1, 0.15) is 12.2 Å². The number of nitrogens with zero attached hydrogens (tertiary/aromatic N) is 2. The van der Waals surface area contributed by atoms with Gasteiger partial charge in [0.15, 0.2) is 24.0 Å². The number of ether oxygens (including phenoxy) is 4. The zero-order valence-electron chi connectivity index (χ0n) is 11.5. The lowest BCUT2D eigenvalue weighted by Crippen LogP contribution is -2.30. The number of methoxy groups -OCH3 is 1. The van der Waals surface area contributed by atoms with Gasteiger partial charge in [0.2, 0.25) is 0 Å². The Bertz CT molecular complexity index is 461. The van der Waals surface area contributed by atoms with Crippen molar-refractivity contribution in [3.8, 4) is 0 Å². The second-order valence-corrected chi connectivity index (χ2v) is 5.13. The molecule has 0 bridgehead atoms. The normalized spacial score (nSPS) is 36.6. The molecule has 19 heavy (non-hydrogen) atoms. The molecule has 0 aromatic carbocycles. The number of aromatic nitrogens is 2. The van der Waals surface area contributed by atoms with E-state index in [0.29, 0.717) is 18.1 Å². The van der Waals surface area contributed by atoms with Crippen molar-refractivity contribution < 1.29 is 23.5 Å². The van der Waals surface area contributed by atoms with Crippen molar-refractivity contribution in [2.75, 3.05) is 7.11 Å².